The summed E-state index contributed by atoms with van der Waals surface area (Å²) in [7, 11) is 5.58. The van der Waals surface area contributed by atoms with E-state index in [0.29, 0.717) is 71.1 Å². The van der Waals surface area contributed by atoms with E-state index in [0.717, 1.165) is 5.69 Å². The predicted molar refractivity (Wildman–Crippen MR) is 152 cm³/mol. The smallest absolute Gasteiger partial charge is 0.271 e. The molecule has 2 N–H and O–H groups in total. The lowest BCUT2D eigenvalue weighted by Crippen LogP contribution is -2.29. The lowest BCUT2D eigenvalue weighted by atomic mass is 10.00. The number of benzene rings is 3. The minimum Gasteiger partial charge on any atom is -0.494 e. The highest BCUT2D eigenvalue weighted by Gasteiger charge is 2.23. The second-order valence-corrected chi connectivity index (χ2v) is 9.68. The Bertz CT molecular complexity index is 1610. The molecule has 1 aromatic heterocycles. The van der Waals surface area contributed by atoms with E-state index in [1.54, 1.807) is 42.3 Å². The predicted octanol–water partition coefficient (Wildman–Crippen LogP) is 4.64. The molecule has 0 saturated carbocycles. The van der Waals surface area contributed by atoms with Crippen LogP contribution in [-0.2, 0) is 4.79 Å². The van der Waals surface area contributed by atoms with Gasteiger partial charge in [-0.15, -0.1) is 0 Å². The first-order valence-corrected chi connectivity index (χ1v) is 12.7. The molecule has 0 saturated heterocycles. The molecule has 11 nitrogen and oxygen atoms in total. The van der Waals surface area contributed by atoms with E-state index in [1.807, 2.05) is 37.2 Å². The van der Waals surface area contributed by atoms with Crippen LogP contribution in [0.25, 0.3) is 10.9 Å². The Morgan fingerprint density at radius 1 is 1.02 bits per heavy atom. The lowest BCUT2D eigenvalue weighted by Gasteiger charge is -2.19. The van der Waals surface area contributed by atoms with Crippen molar-refractivity contribution in [1.29, 1.82) is 0 Å². The van der Waals surface area contributed by atoms with Crippen molar-refractivity contribution in [2.45, 2.75) is 6.42 Å². The lowest BCUT2D eigenvalue weighted by molar-refractivity contribution is -0.384. The number of aliphatic imine (C=N–C) groups is 1. The number of ether oxygens (including phenoxy) is 2. The fourth-order valence-corrected chi connectivity index (χ4v) is 4.49. The van der Waals surface area contributed by atoms with Crippen molar-refractivity contribution in [3.63, 3.8) is 0 Å². The van der Waals surface area contributed by atoms with Gasteiger partial charge in [-0.2, -0.15) is 0 Å². The third kappa shape index (κ3) is 5.45. The van der Waals surface area contributed by atoms with Gasteiger partial charge in [0.05, 0.1) is 27.4 Å². The molecular weight excluding hydrogens is 514 g/mol. The highest BCUT2D eigenvalue weighted by molar-refractivity contribution is 6.22. The summed E-state index contributed by atoms with van der Waals surface area (Å²) in [6.07, 6.45) is 0.398. The van der Waals surface area contributed by atoms with E-state index >= 15 is 0 Å². The Labute approximate surface area is 230 Å². The fraction of sp³-hybridized carbons (Fsp3) is 0.241. The Balaban J connectivity index is 1.57. The zero-order valence-electron chi connectivity index (χ0n) is 22.4. The van der Waals surface area contributed by atoms with Gasteiger partial charge in [0.1, 0.15) is 13.2 Å². The van der Waals surface area contributed by atoms with Crippen LogP contribution in [0.5, 0.6) is 17.4 Å². The molecule has 0 atom stereocenters. The number of H-pyrrole nitrogens is 1. The Hall–Kier alpha value is -4.90. The number of nitrogens with one attached hydrogen (secondary N) is 1. The van der Waals surface area contributed by atoms with Crippen LogP contribution in [0.15, 0.2) is 65.7 Å². The number of nitrogens with zero attached hydrogens (tertiary/aromatic N) is 4. The number of aromatic amines is 1. The second-order valence-electron chi connectivity index (χ2n) is 9.68. The zero-order valence-corrected chi connectivity index (χ0v) is 22.4. The molecule has 1 aliphatic rings. The second kappa shape index (κ2) is 11.1. The van der Waals surface area contributed by atoms with Gasteiger partial charge in [0.25, 0.3) is 5.69 Å². The normalized spacial score (nSPS) is 13.1. The number of anilines is 1. The van der Waals surface area contributed by atoms with Gasteiger partial charge in [-0.1, -0.05) is 0 Å². The van der Waals surface area contributed by atoms with Crippen molar-refractivity contribution in [2.75, 3.05) is 45.8 Å². The Kier molecular flexibility index (Phi) is 7.39. The van der Waals surface area contributed by atoms with Crippen LogP contribution in [0, 0.1) is 10.1 Å². The quantitative estimate of drug-likeness (QED) is 0.188. The number of nitro benzene ring substituents is 1. The van der Waals surface area contributed by atoms with E-state index in [4.69, 9.17) is 14.5 Å². The topological polar surface area (TPSA) is 134 Å². The maximum atomic E-state index is 12.6. The number of fused-ring (bicyclic) bond motifs is 2. The van der Waals surface area contributed by atoms with Gasteiger partial charge in [0.2, 0.25) is 5.91 Å². The molecular formula is C29H29N5O6. The number of hydrogen-bond donors (Lipinski definition) is 2. The van der Waals surface area contributed by atoms with Crippen LogP contribution >= 0.6 is 0 Å². The van der Waals surface area contributed by atoms with Gasteiger partial charge < -0.3 is 29.4 Å². The maximum Gasteiger partial charge on any atom is 0.271 e. The Morgan fingerprint density at radius 3 is 2.45 bits per heavy atom. The molecule has 0 fully saturated rings. The van der Waals surface area contributed by atoms with Gasteiger partial charge in [-0.05, 0) is 62.6 Å². The molecule has 0 radical (unpaired) electrons. The first-order valence-electron chi connectivity index (χ1n) is 12.7. The third-order valence-corrected chi connectivity index (χ3v) is 6.65. The van der Waals surface area contributed by atoms with E-state index in [2.05, 4.69) is 4.98 Å². The number of aromatic hydroxyl groups is 1. The zero-order chi connectivity index (χ0) is 28.4. The van der Waals surface area contributed by atoms with Crippen LogP contribution in [0.4, 0.5) is 17.1 Å². The summed E-state index contributed by atoms with van der Waals surface area (Å²) in [6.45, 7) is 1.52. The van der Waals surface area contributed by atoms with Gasteiger partial charge in [-0.3, -0.25) is 14.9 Å². The number of non-ortho nitro benzene ring substituents is 1. The van der Waals surface area contributed by atoms with Gasteiger partial charge in [-0.25, -0.2) is 4.99 Å². The van der Waals surface area contributed by atoms with Crippen LogP contribution in [0.1, 0.15) is 17.5 Å². The van der Waals surface area contributed by atoms with Crippen molar-refractivity contribution in [3.8, 4) is 17.4 Å². The van der Waals surface area contributed by atoms with E-state index in [9.17, 15) is 20.0 Å². The van der Waals surface area contributed by atoms with Gasteiger partial charge in [0, 0.05) is 48.8 Å². The molecule has 0 aliphatic carbocycles. The van der Waals surface area contributed by atoms with Crippen LogP contribution in [-0.4, -0.2) is 72.4 Å². The summed E-state index contributed by atoms with van der Waals surface area (Å²) in [5.41, 5.74) is 3.08. The first-order chi connectivity index (χ1) is 19.2. The third-order valence-electron chi connectivity index (χ3n) is 6.65. The SMILES string of the molecule is CN(C)CCC(=O)N(C)c1ccc(N=C(c2ccc3c(c2)OCCO3)c2c(O)[nH]c3cc([N+](=O)[O-])ccc23)cc1. The molecule has 5 rings (SSSR count). The van der Waals surface area contributed by atoms with Crippen LogP contribution in [0.2, 0.25) is 0 Å². The van der Waals surface area contributed by atoms with Crippen molar-refractivity contribution < 1.29 is 24.3 Å². The minimum absolute atomic E-state index is 0.000253. The van der Waals surface area contributed by atoms with E-state index in [-0.39, 0.29) is 17.5 Å². The molecule has 0 spiro atoms. The number of rotatable bonds is 8. The highest BCUT2D eigenvalue weighted by atomic mass is 16.6. The van der Waals surface area contributed by atoms with Gasteiger partial charge in [0.15, 0.2) is 17.4 Å². The summed E-state index contributed by atoms with van der Waals surface area (Å²) >= 11 is 0. The van der Waals surface area contributed by atoms with E-state index < -0.39 is 4.92 Å². The molecule has 1 aliphatic heterocycles. The molecule has 1 amide bonds. The number of nitro groups is 1. The minimum atomic E-state index is -0.489. The number of carbonyl (C=O) groups is 1. The summed E-state index contributed by atoms with van der Waals surface area (Å²) in [4.78, 5) is 34.7. The maximum absolute atomic E-state index is 12.6. The highest BCUT2D eigenvalue weighted by Crippen LogP contribution is 2.37. The molecule has 11 heteroatoms. The standard InChI is InChI=1S/C29H29N5O6/c1-32(2)13-12-26(35)33(3)20-7-5-19(6-8-20)30-28(18-4-11-24-25(16-18)40-15-14-39-24)27-22-10-9-21(34(37)38)17-23(22)31-29(27)36/h4-11,16-17,31,36H,12-15H2,1-3H3. The summed E-state index contributed by atoms with van der Waals surface area (Å²) < 4.78 is 11.4. The number of carbonyl (C=O) groups excluding carboxylic acids is 1. The summed E-state index contributed by atoms with van der Waals surface area (Å²) in [6, 6.07) is 17.0. The molecule has 4 aromatic rings. The summed E-state index contributed by atoms with van der Waals surface area (Å²) in [5.74, 6) is 0.991. The summed E-state index contributed by atoms with van der Waals surface area (Å²) in [5, 5.41) is 22.8. The molecule has 40 heavy (non-hydrogen) atoms. The van der Waals surface area contributed by atoms with E-state index in [1.165, 1.54) is 12.1 Å². The fourth-order valence-electron chi connectivity index (χ4n) is 4.49. The average molecular weight is 544 g/mol. The number of hydrogen-bond acceptors (Lipinski definition) is 8. The van der Waals surface area contributed by atoms with Crippen molar-refractivity contribution in [3.05, 3.63) is 81.9 Å². The molecule has 2 heterocycles. The van der Waals surface area contributed by atoms with Crippen molar-refractivity contribution >= 4 is 39.6 Å². The largest absolute Gasteiger partial charge is 0.494 e. The molecule has 3 aromatic carbocycles. The van der Waals surface area contributed by atoms with Crippen molar-refractivity contribution in [2.24, 2.45) is 4.99 Å². The first kappa shape index (κ1) is 26.7. The monoisotopic (exact) mass is 543 g/mol. The molecule has 206 valence electrons. The van der Waals surface area contributed by atoms with Gasteiger partial charge >= 0.3 is 0 Å². The van der Waals surface area contributed by atoms with Crippen LogP contribution < -0.4 is 14.4 Å². The number of aromatic nitrogens is 1. The molecule has 0 unspecified atom stereocenters. The number of amides is 1. The Morgan fingerprint density at radius 2 is 1.75 bits per heavy atom. The van der Waals surface area contributed by atoms with Crippen molar-refractivity contribution in [1.82, 2.24) is 9.88 Å². The van der Waals surface area contributed by atoms with Crippen LogP contribution in [0.3, 0.4) is 0 Å². The molecule has 0 bridgehead atoms. The average Bonchev–Trinajstić information content (AvgIpc) is 3.28.